The number of carbonyl (C=O) groups excluding carboxylic acids is 1. The lowest BCUT2D eigenvalue weighted by atomic mass is 10.1. The van der Waals surface area contributed by atoms with Crippen LogP contribution in [0.3, 0.4) is 0 Å². The first kappa shape index (κ1) is 17.8. The maximum Gasteiger partial charge on any atom is 0.349 e. The van der Waals surface area contributed by atoms with Gasteiger partial charge in [-0.25, -0.2) is 9.59 Å². The van der Waals surface area contributed by atoms with Gasteiger partial charge in [0.25, 0.3) is 0 Å². The fraction of sp³-hybridized carbons (Fsp3) is 0.133. The van der Waals surface area contributed by atoms with Crippen LogP contribution in [0.4, 0.5) is 0 Å². The van der Waals surface area contributed by atoms with Crippen LogP contribution in [-0.4, -0.2) is 42.2 Å². The molecule has 7 nitrogen and oxygen atoms in total. The number of aromatic carboxylic acids is 1. The SMILES string of the molecule is COc1ccc(-c2sc(C(=O)O)c(OCC(=O)O)c2Cl)cc1C=O. The van der Waals surface area contributed by atoms with E-state index in [0.717, 1.165) is 11.3 Å². The highest BCUT2D eigenvalue weighted by Gasteiger charge is 2.25. The average molecular weight is 371 g/mol. The molecule has 0 spiro atoms. The van der Waals surface area contributed by atoms with E-state index in [9.17, 15) is 19.5 Å². The minimum absolute atomic E-state index is 0.0272. The van der Waals surface area contributed by atoms with Crippen molar-refractivity contribution in [3.05, 3.63) is 33.7 Å². The van der Waals surface area contributed by atoms with Crippen LogP contribution in [0.1, 0.15) is 20.0 Å². The van der Waals surface area contributed by atoms with Crippen LogP contribution in [0, 0.1) is 0 Å². The molecule has 9 heteroatoms. The molecule has 0 saturated heterocycles. The summed E-state index contributed by atoms with van der Waals surface area (Å²) in [5, 5.41) is 17.9. The summed E-state index contributed by atoms with van der Waals surface area (Å²) >= 11 is 7.00. The van der Waals surface area contributed by atoms with Crippen LogP contribution in [0.15, 0.2) is 18.2 Å². The Morgan fingerprint density at radius 3 is 2.58 bits per heavy atom. The molecule has 0 amide bonds. The molecule has 0 fully saturated rings. The van der Waals surface area contributed by atoms with Gasteiger partial charge in [-0.2, -0.15) is 0 Å². The second-order valence-electron chi connectivity index (χ2n) is 4.47. The van der Waals surface area contributed by atoms with Crippen LogP contribution in [0.2, 0.25) is 5.02 Å². The van der Waals surface area contributed by atoms with Crippen LogP contribution in [-0.2, 0) is 4.79 Å². The molecule has 0 radical (unpaired) electrons. The number of rotatable bonds is 7. The molecular weight excluding hydrogens is 360 g/mol. The third-order valence-corrected chi connectivity index (χ3v) is 4.64. The van der Waals surface area contributed by atoms with Crippen molar-refractivity contribution in [2.24, 2.45) is 0 Å². The summed E-state index contributed by atoms with van der Waals surface area (Å²) in [4.78, 5) is 33.2. The van der Waals surface area contributed by atoms with Crippen LogP contribution < -0.4 is 9.47 Å². The number of benzene rings is 1. The van der Waals surface area contributed by atoms with Crippen LogP contribution >= 0.6 is 22.9 Å². The van der Waals surface area contributed by atoms with Gasteiger partial charge in [0.05, 0.1) is 17.6 Å². The van der Waals surface area contributed by atoms with Gasteiger partial charge in [-0.05, 0) is 23.8 Å². The van der Waals surface area contributed by atoms with Gasteiger partial charge in [0.1, 0.15) is 10.8 Å². The third kappa shape index (κ3) is 3.50. The molecule has 1 aromatic heterocycles. The molecule has 0 saturated carbocycles. The zero-order chi connectivity index (χ0) is 17.9. The summed E-state index contributed by atoms with van der Waals surface area (Å²) in [7, 11) is 1.42. The van der Waals surface area contributed by atoms with Gasteiger partial charge in [-0.1, -0.05) is 11.6 Å². The Labute approximate surface area is 145 Å². The predicted octanol–water partition coefficient (Wildman–Crippen LogP) is 3.05. The Kier molecular flexibility index (Phi) is 5.42. The Bertz CT molecular complexity index is 812. The highest BCUT2D eigenvalue weighted by atomic mass is 35.5. The highest BCUT2D eigenvalue weighted by molar-refractivity contribution is 7.18. The summed E-state index contributed by atoms with van der Waals surface area (Å²) in [6.45, 7) is -0.724. The van der Waals surface area contributed by atoms with Gasteiger partial charge in [0, 0.05) is 0 Å². The fourth-order valence-electron chi connectivity index (χ4n) is 1.95. The lowest BCUT2D eigenvalue weighted by Crippen LogP contribution is -2.10. The van der Waals surface area contributed by atoms with Crippen molar-refractivity contribution >= 4 is 41.2 Å². The number of thiophene rings is 1. The standard InChI is InChI=1S/C15H11ClO7S/c1-22-9-3-2-7(4-8(9)5-17)13-11(16)12(23-6-10(18)19)14(24-13)15(20)21/h2-5H,6H2,1H3,(H,18,19)(H,20,21). The monoisotopic (exact) mass is 370 g/mol. The number of methoxy groups -OCH3 is 1. The van der Waals surface area contributed by atoms with Gasteiger partial charge in [-0.15, -0.1) is 11.3 Å². The second kappa shape index (κ2) is 7.33. The third-order valence-electron chi connectivity index (χ3n) is 2.96. The zero-order valence-corrected chi connectivity index (χ0v) is 13.8. The Morgan fingerprint density at radius 2 is 2.04 bits per heavy atom. The number of carboxylic acids is 2. The van der Waals surface area contributed by atoms with E-state index in [1.807, 2.05) is 0 Å². The Balaban J connectivity index is 2.55. The number of carboxylic acid groups (broad SMARTS) is 2. The lowest BCUT2D eigenvalue weighted by molar-refractivity contribution is -0.139. The summed E-state index contributed by atoms with van der Waals surface area (Å²) in [6, 6.07) is 4.65. The molecule has 2 aromatic rings. The molecule has 24 heavy (non-hydrogen) atoms. The van der Waals surface area contributed by atoms with Gasteiger partial charge < -0.3 is 19.7 Å². The normalized spacial score (nSPS) is 10.2. The first-order valence-corrected chi connectivity index (χ1v) is 7.62. The quantitative estimate of drug-likeness (QED) is 0.720. The number of hydrogen-bond donors (Lipinski definition) is 2. The molecule has 126 valence electrons. The first-order chi connectivity index (χ1) is 11.4. The van der Waals surface area contributed by atoms with Crippen LogP contribution in [0.25, 0.3) is 10.4 Å². The van der Waals surface area contributed by atoms with Gasteiger partial charge >= 0.3 is 11.9 Å². The molecule has 0 aliphatic rings. The van der Waals surface area contributed by atoms with Crippen molar-refractivity contribution in [3.63, 3.8) is 0 Å². The molecule has 1 heterocycles. The summed E-state index contributed by atoms with van der Waals surface area (Å²) in [5.74, 6) is -2.40. The molecule has 2 rings (SSSR count). The molecule has 0 unspecified atom stereocenters. The average Bonchev–Trinajstić information content (AvgIpc) is 2.89. The Hall–Kier alpha value is -2.58. The molecule has 1 aromatic carbocycles. The molecule has 0 bridgehead atoms. The van der Waals surface area contributed by atoms with E-state index < -0.39 is 18.5 Å². The minimum atomic E-state index is -1.29. The van der Waals surface area contributed by atoms with E-state index in [-0.39, 0.29) is 21.2 Å². The van der Waals surface area contributed by atoms with Crippen LogP contribution in [0.5, 0.6) is 11.5 Å². The predicted molar refractivity (Wildman–Crippen MR) is 86.8 cm³/mol. The molecule has 0 atom stereocenters. The molecule has 0 aliphatic carbocycles. The van der Waals surface area contributed by atoms with E-state index in [4.69, 9.17) is 26.2 Å². The number of ether oxygens (including phenoxy) is 2. The topological polar surface area (TPSA) is 110 Å². The number of aliphatic carboxylic acids is 1. The Morgan fingerprint density at radius 1 is 1.33 bits per heavy atom. The first-order valence-electron chi connectivity index (χ1n) is 6.42. The molecular formula is C15H11ClO7S. The van der Waals surface area contributed by atoms with E-state index in [0.29, 0.717) is 22.5 Å². The zero-order valence-electron chi connectivity index (χ0n) is 12.2. The number of hydrogen-bond acceptors (Lipinski definition) is 6. The number of halogens is 1. The summed E-state index contributed by atoms with van der Waals surface area (Å²) in [5.41, 5.74) is 0.755. The van der Waals surface area contributed by atoms with Gasteiger partial charge in [0.2, 0.25) is 0 Å². The number of aldehydes is 1. The van der Waals surface area contributed by atoms with Gasteiger partial charge in [-0.3, -0.25) is 4.79 Å². The van der Waals surface area contributed by atoms with E-state index in [2.05, 4.69) is 0 Å². The second-order valence-corrected chi connectivity index (χ2v) is 5.86. The summed E-state index contributed by atoms with van der Waals surface area (Å²) in [6.07, 6.45) is 0.601. The highest BCUT2D eigenvalue weighted by Crippen LogP contribution is 2.46. The maximum atomic E-state index is 11.3. The smallest absolute Gasteiger partial charge is 0.349 e. The summed E-state index contributed by atoms with van der Waals surface area (Å²) < 4.78 is 10.0. The van der Waals surface area contributed by atoms with Crippen molar-refractivity contribution in [2.45, 2.75) is 0 Å². The largest absolute Gasteiger partial charge is 0.496 e. The minimum Gasteiger partial charge on any atom is -0.496 e. The van der Waals surface area contributed by atoms with Crippen molar-refractivity contribution < 1.29 is 34.1 Å². The fourth-order valence-corrected chi connectivity index (χ4v) is 3.36. The number of carbonyl (C=O) groups is 3. The molecule has 2 N–H and O–H groups in total. The van der Waals surface area contributed by atoms with E-state index in [1.165, 1.54) is 13.2 Å². The van der Waals surface area contributed by atoms with Gasteiger partial charge in [0.15, 0.2) is 23.5 Å². The van der Waals surface area contributed by atoms with Crippen molar-refractivity contribution in [2.75, 3.05) is 13.7 Å². The lowest BCUT2D eigenvalue weighted by Gasteiger charge is -2.06. The maximum absolute atomic E-state index is 11.3. The van der Waals surface area contributed by atoms with Crippen molar-refractivity contribution in [1.29, 1.82) is 0 Å². The molecule has 0 aliphatic heterocycles. The van der Waals surface area contributed by atoms with E-state index >= 15 is 0 Å². The van der Waals surface area contributed by atoms with Crippen molar-refractivity contribution in [3.8, 4) is 21.9 Å². The van der Waals surface area contributed by atoms with Crippen molar-refractivity contribution in [1.82, 2.24) is 0 Å². The van der Waals surface area contributed by atoms with E-state index in [1.54, 1.807) is 12.1 Å².